The number of hydrogen-bond donors (Lipinski definition) is 0. The van der Waals surface area contributed by atoms with Crippen LogP contribution in [0.15, 0.2) is 134 Å². The van der Waals surface area contributed by atoms with E-state index in [1.807, 2.05) is 79.0 Å². The Morgan fingerprint density at radius 2 is 0.625 bits per heavy atom. The predicted molar refractivity (Wildman–Crippen MR) is 274 cm³/mol. The van der Waals surface area contributed by atoms with Gasteiger partial charge in [0.15, 0.2) is 6.10 Å². The first-order valence-electron chi connectivity index (χ1n) is 25.3. The van der Waals surface area contributed by atoms with Crippen LogP contribution in [0.2, 0.25) is 0 Å². The second-order valence-electron chi connectivity index (χ2n) is 16.2. The second kappa shape index (κ2) is 51.2. The van der Waals surface area contributed by atoms with Gasteiger partial charge in [0.1, 0.15) is 13.2 Å². The van der Waals surface area contributed by atoms with Crippen molar-refractivity contribution in [1.29, 1.82) is 0 Å². The molecule has 0 bridgehead atoms. The molecule has 0 heterocycles. The van der Waals surface area contributed by atoms with Crippen molar-refractivity contribution < 1.29 is 28.6 Å². The van der Waals surface area contributed by atoms with E-state index in [9.17, 15) is 14.4 Å². The van der Waals surface area contributed by atoms with Gasteiger partial charge in [-0.05, 0) is 77.0 Å². The quantitative estimate of drug-likeness (QED) is 0.0263. The molecule has 1 atom stereocenters. The summed E-state index contributed by atoms with van der Waals surface area (Å²) in [4.78, 5) is 37.9. The molecular formula is C58H90O6. The summed E-state index contributed by atoms with van der Waals surface area (Å²) in [6, 6.07) is 0. The molecule has 0 rings (SSSR count). The van der Waals surface area contributed by atoms with Gasteiger partial charge in [0.05, 0.1) is 0 Å². The maximum absolute atomic E-state index is 12.8. The molecule has 64 heavy (non-hydrogen) atoms. The van der Waals surface area contributed by atoms with Crippen molar-refractivity contribution in [3.05, 3.63) is 134 Å². The molecule has 0 aromatic heterocycles. The molecule has 0 N–H and O–H groups in total. The van der Waals surface area contributed by atoms with E-state index in [1.165, 1.54) is 51.4 Å². The van der Waals surface area contributed by atoms with Crippen LogP contribution in [0.25, 0.3) is 0 Å². The Balaban J connectivity index is 4.56. The number of carbonyl (C=O) groups excluding carboxylic acids is 3. The van der Waals surface area contributed by atoms with Crippen molar-refractivity contribution in [2.75, 3.05) is 13.2 Å². The van der Waals surface area contributed by atoms with E-state index in [0.29, 0.717) is 12.8 Å². The van der Waals surface area contributed by atoms with Crippen molar-refractivity contribution in [1.82, 2.24) is 0 Å². The molecule has 0 fully saturated rings. The van der Waals surface area contributed by atoms with Crippen LogP contribution < -0.4 is 0 Å². The largest absolute Gasteiger partial charge is 0.462 e. The van der Waals surface area contributed by atoms with E-state index >= 15 is 0 Å². The van der Waals surface area contributed by atoms with E-state index in [0.717, 1.165) is 96.3 Å². The van der Waals surface area contributed by atoms with Gasteiger partial charge in [-0.2, -0.15) is 0 Å². The highest BCUT2D eigenvalue weighted by Crippen LogP contribution is 2.13. The van der Waals surface area contributed by atoms with Crippen LogP contribution in [0, 0.1) is 0 Å². The molecule has 0 aromatic carbocycles. The lowest BCUT2D eigenvalue weighted by Gasteiger charge is -2.18. The molecule has 0 aliphatic carbocycles. The number of hydrogen-bond acceptors (Lipinski definition) is 6. The number of unbranched alkanes of at least 4 members (excludes halogenated alkanes) is 18. The number of rotatable bonds is 43. The lowest BCUT2D eigenvalue weighted by molar-refractivity contribution is -0.167. The molecule has 6 heteroatoms. The highest BCUT2D eigenvalue weighted by atomic mass is 16.6. The summed E-state index contributed by atoms with van der Waals surface area (Å²) in [5.74, 6) is -1.05. The van der Waals surface area contributed by atoms with Crippen molar-refractivity contribution in [2.24, 2.45) is 0 Å². The molecule has 0 radical (unpaired) electrons. The summed E-state index contributed by atoms with van der Waals surface area (Å²) in [5.41, 5.74) is 0. The minimum Gasteiger partial charge on any atom is -0.462 e. The molecule has 0 aliphatic heterocycles. The van der Waals surface area contributed by atoms with Gasteiger partial charge in [-0.25, -0.2) is 0 Å². The SMILES string of the molecule is CC\C=C/C=C\C=C/C=C\C=C/CCCC(=O)OCC(COC(=O)CCCCCCC/C=C\C=C/CCCCCCCCC)OC(=O)CCCCCCC\C=C/C=C\C=C/C=C\CC. The van der Waals surface area contributed by atoms with Crippen LogP contribution >= 0.6 is 0 Å². The van der Waals surface area contributed by atoms with Gasteiger partial charge in [0.2, 0.25) is 0 Å². The van der Waals surface area contributed by atoms with Crippen LogP contribution in [0.5, 0.6) is 0 Å². The van der Waals surface area contributed by atoms with E-state index in [2.05, 4.69) is 75.5 Å². The van der Waals surface area contributed by atoms with Gasteiger partial charge in [0.25, 0.3) is 0 Å². The maximum atomic E-state index is 12.8. The summed E-state index contributed by atoms with van der Waals surface area (Å²) in [7, 11) is 0. The van der Waals surface area contributed by atoms with Gasteiger partial charge in [-0.15, -0.1) is 0 Å². The smallest absolute Gasteiger partial charge is 0.306 e. The average molecular weight is 883 g/mol. The van der Waals surface area contributed by atoms with Crippen LogP contribution in [0.1, 0.15) is 194 Å². The topological polar surface area (TPSA) is 78.9 Å². The fourth-order valence-electron chi connectivity index (χ4n) is 6.35. The third-order valence-electron chi connectivity index (χ3n) is 10.1. The van der Waals surface area contributed by atoms with Crippen LogP contribution in [0.3, 0.4) is 0 Å². The summed E-state index contributed by atoms with van der Waals surface area (Å²) in [6.45, 7) is 6.23. The molecule has 0 spiro atoms. The van der Waals surface area contributed by atoms with Crippen molar-refractivity contribution >= 4 is 17.9 Å². The Bertz CT molecular complexity index is 1430. The minimum atomic E-state index is -0.830. The molecule has 0 aromatic rings. The highest BCUT2D eigenvalue weighted by Gasteiger charge is 2.19. The van der Waals surface area contributed by atoms with E-state index in [4.69, 9.17) is 14.2 Å². The molecular weight excluding hydrogens is 793 g/mol. The third-order valence-corrected chi connectivity index (χ3v) is 10.1. The molecule has 1 unspecified atom stereocenters. The molecule has 0 saturated carbocycles. The Kier molecular flexibility index (Phi) is 47.6. The summed E-state index contributed by atoms with van der Waals surface area (Å²) < 4.78 is 16.7. The molecule has 6 nitrogen and oxygen atoms in total. The number of allylic oxidation sites excluding steroid dienone is 22. The molecule has 0 aliphatic rings. The van der Waals surface area contributed by atoms with E-state index in [-0.39, 0.29) is 44.0 Å². The third kappa shape index (κ3) is 48.6. The summed E-state index contributed by atoms with van der Waals surface area (Å²) >= 11 is 0. The Morgan fingerprint density at radius 3 is 1.03 bits per heavy atom. The van der Waals surface area contributed by atoms with Crippen LogP contribution in [0.4, 0.5) is 0 Å². The van der Waals surface area contributed by atoms with Crippen molar-refractivity contribution in [3.8, 4) is 0 Å². The fourth-order valence-corrected chi connectivity index (χ4v) is 6.35. The first-order valence-corrected chi connectivity index (χ1v) is 25.3. The normalized spacial score (nSPS) is 13.2. The summed E-state index contributed by atoms with van der Waals surface area (Å²) in [5, 5.41) is 0. The average Bonchev–Trinajstić information content (AvgIpc) is 3.29. The molecule has 0 amide bonds. The standard InChI is InChI=1S/C58H90O6/c1-4-7-10-13-16-19-22-25-27-28-29-31-33-36-39-42-45-48-51-57(60)63-54-55(53-62-56(59)50-47-44-41-38-35-32-24-21-18-15-12-9-6-3)64-58(61)52-49-46-43-40-37-34-30-26-23-20-17-14-11-8-5-2/h8-9,11-12,14-15,17-18,20-21,23-24,26-32,35,38,41,55H,4-7,10,13,16,19,22,25,33-34,36-37,39-40,42-54H2,1-3H3/b11-8-,12-9-,17-14-,18-15-,23-20-,24-21-,28-27-,30-26-,31-29-,35-32-,41-38-. The monoisotopic (exact) mass is 883 g/mol. The Labute approximate surface area is 392 Å². The predicted octanol–water partition coefficient (Wildman–Crippen LogP) is 16.7. The van der Waals surface area contributed by atoms with Crippen LogP contribution in [-0.2, 0) is 28.6 Å². The lowest BCUT2D eigenvalue weighted by Crippen LogP contribution is -2.30. The lowest BCUT2D eigenvalue weighted by atomic mass is 10.1. The zero-order chi connectivity index (χ0) is 46.5. The van der Waals surface area contributed by atoms with Crippen molar-refractivity contribution in [2.45, 2.75) is 200 Å². The van der Waals surface area contributed by atoms with Gasteiger partial charge < -0.3 is 14.2 Å². The first-order chi connectivity index (χ1) is 31.5. The van der Waals surface area contributed by atoms with Gasteiger partial charge in [-0.1, -0.05) is 231 Å². The number of carbonyl (C=O) groups is 3. The Morgan fingerprint density at radius 1 is 0.328 bits per heavy atom. The zero-order valence-electron chi connectivity index (χ0n) is 40.7. The number of ether oxygens (including phenoxy) is 3. The maximum Gasteiger partial charge on any atom is 0.306 e. The van der Waals surface area contributed by atoms with Gasteiger partial charge >= 0.3 is 17.9 Å². The number of esters is 3. The zero-order valence-corrected chi connectivity index (χ0v) is 40.7. The summed E-state index contributed by atoms with van der Waals surface area (Å²) in [6.07, 6.45) is 71.5. The highest BCUT2D eigenvalue weighted by molar-refractivity contribution is 5.71. The molecule has 0 saturated heterocycles. The van der Waals surface area contributed by atoms with Gasteiger partial charge in [0, 0.05) is 19.3 Å². The van der Waals surface area contributed by atoms with Crippen molar-refractivity contribution in [3.63, 3.8) is 0 Å². The Hall–Kier alpha value is -4.45. The van der Waals surface area contributed by atoms with E-state index in [1.54, 1.807) is 0 Å². The molecule has 358 valence electrons. The minimum absolute atomic E-state index is 0.124. The second-order valence-corrected chi connectivity index (χ2v) is 16.2. The van der Waals surface area contributed by atoms with Gasteiger partial charge in [-0.3, -0.25) is 14.4 Å². The fraction of sp³-hybridized carbons (Fsp3) is 0.569. The first kappa shape index (κ1) is 59.5. The van der Waals surface area contributed by atoms with Crippen LogP contribution in [-0.4, -0.2) is 37.2 Å². The van der Waals surface area contributed by atoms with E-state index < -0.39 is 6.10 Å².